The van der Waals surface area contributed by atoms with Crippen molar-refractivity contribution in [3.8, 4) is 11.5 Å². The summed E-state index contributed by atoms with van der Waals surface area (Å²) in [6.07, 6.45) is 0.811. The average Bonchev–Trinajstić information content (AvgIpc) is 2.74. The maximum Gasteiger partial charge on any atom is 0.162 e. The van der Waals surface area contributed by atoms with Crippen molar-refractivity contribution in [1.29, 1.82) is 0 Å². The van der Waals surface area contributed by atoms with Crippen LogP contribution in [0.25, 0.3) is 0 Å². The number of ether oxygens (including phenoxy) is 2. The van der Waals surface area contributed by atoms with Crippen molar-refractivity contribution in [3.63, 3.8) is 0 Å². The first kappa shape index (κ1) is 15.4. The van der Waals surface area contributed by atoms with E-state index in [1.165, 1.54) is 0 Å². The molecule has 21 heavy (non-hydrogen) atoms. The van der Waals surface area contributed by atoms with Crippen molar-refractivity contribution >= 4 is 0 Å². The Hall–Kier alpha value is -2.01. The SMILES string of the molecule is COc1ccc(CC(C)N)cc1OCc1cc(C)nn1C. The minimum absolute atomic E-state index is 0.117. The van der Waals surface area contributed by atoms with Gasteiger partial charge in [-0.25, -0.2) is 0 Å². The van der Waals surface area contributed by atoms with Crippen molar-refractivity contribution in [2.45, 2.75) is 32.9 Å². The molecule has 2 rings (SSSR count). The first-order valence-corrected chi connectivity index (χ1v) is 7.04. The summed E-state index contributed by atoms with van der Waals surface area (Å²) in [7, 11) is 3.55. The Balaban J connectivity index is 2.15. The fourth-order valence-corrected chi connectivity index (χ4v) is 2.28. The Morgan fingerprint density at radius 2 is 2.05 bits per heavy atom. The lowest BCUT2D eigenvalue weighted by Crippen LogP contribution is -2.17. The van der Waals surface area contributed by atoms with E-state index in [1.54, 1.807) is 7.11 Å². The van der Waals surface area contributed by atoms with E-state index in [2.05, 4.69) is 5.10 Å². The minimum atomic E-state index is 0.117. The molecule has 5 heteroatoms. The lowest BCUT2D eigenvalue weighted by molar-refractivity contribution is 0.275. The second kappa shape index (κ2) is 6.63. The van der Waals surface area contributed by atoms with E-state index in [0.717, 1.165) is 34.9 Å². The van der Waals surface area contributed by atoms with E-state index in [-0.39, 0.29) is 6.04 Å². The fourth-order valence-electron chi connectivity index (χ4n) is 2.28. The molecule has 0 saturated carbocycles. The number of hydrogen-bond donors (Lipinski definition) is 1. The molecule has 0 bridgehead atoms. The first-order chi connectivity index (χ1) is 9.99. The Morgan fingerprint density at radius 3 is 2.62 bits per heavy atom. The highest BCUT2D eigenvalue weighted by Gasteiger charge is 2.09. The highest BCUT2D eigenvalue weighted by atomic mass is 16.5. The van der Waals surface area contributed by atoms with Crippen LogP contribution in [0.3, 0.4) is 0 Å². The maximum absolute atomic E-state index is 5.90. The second-order valence-electron chi connectivity index (χ2n) is 5.36. The Morgan fingerprint density at radius 1 is 1.29 bits per heavy atom. The second-order valence-corrected chi connectivity index (χ2v) is 5.36. The molecule has 0 amide bonds. The quantitative estimate of drug-likeness (QED) is 0.885. The van der Waals surface area contributed by atoms with Gasteiger partial charge < -0.3 is 15.2 Å². The predicted octanol–water partition coefficient (Wildman–Crippen LogP) is 2.21. The highest BCUT2D eigenvalue weighted by Crippen LogP contribution is 2.29. The van der Waals surface area contributed by atoms with Crippen LogP contribution >= 0.6 is 0 Å². The Bertz CT molecular complexity index is 606. The van der Waals surface area contributed by atoms with Crippen LogP contribution in [0.2, 0.25) is 0 Å². The van der Waals surface area contributed by atoms with Crippen LogP contribution in [-0.2, 0) is 20.1 Å². The predicted molar refractivity (Wildman–Crippen MR) is 82.6 cm³/mol. The molecule has 0 fully saturated rings. The standard InChI is InChI=1S/C16H23N3O2/c1-11(17)7-13-5-6-15(20-4)16(9-13)21-10-14-8-12(2)18-19(14)3/h5-6,8-9,11H,7,10,17H2,1-4H3. The van der Waals surface area contributed by atoms with Crippen molar-refractivity contribution in [2.75, 3.05) is 7.11 Å². The van der Waals surface area contributed by atoms with Crippen LogP contribution in [0.4, 0.5) is 0 Å². The molecule has 1 unspecified atom stereocenters. The van der Waals surface area contributed by atoms with Crippen molar-refractivity contribution in [2.24, 2.45) is 12.8 Å². The molecule has 2 N–H and O–H groups in total. The maximum atomic E-state index is 5.90. The van der Waals surface area contributed by atoms with Crippen LogP contribution in [0.5, 0.6) is 11.5 Å². The molecule has 1 atom stereocenters. The zero-order valence-corrected chi connectivity index (χ0v) is 13.1. The molecule has 0 aliphatic rings. The van der Waals surface area contributed by atoms with Crippen molar-refractivity contribution < 1.29 is 9.47 Å². The number of hydrogen-bond acceptors (Lipinski definition) is 4. The highest BCUT2D eigenvalue weighted by molar-refractivity contribution is 5.43. The van der Waals surface area contributed by atoms with Gasteiger partial charge >= 0.3 is 0 Å². The summed E-state index contributed by atoms with van der Waals surface area (Å²) >= 11 is 0. The summed E-state index contributed by atoms with van der Waals surface area (Å²) in [5, 5.41) is 4.31. The average molecular weight is 289 g/mol. The molecule has 0 aliphatic heterocycles. The number of aromatic nitrogens is 2. The lowest BCUT2D eigenvalue weighted by Gasteiger charge is -2.13. The van der Waals surface area contributed by atoms with Crippen LogP contribution in [0, 0.1) is 6.92 Å². The first-order valence-electron chi connectivity index (χ1n) is 7.04. The van der Waals surface area contributed by atoms with Gasteiger partial charge in [0.2, 0.25) is 0 Å². The molecule has 114 valence electrons. The van der Waals surface area contributed by atoms with Crippen molar-refractivity contribution in [3.05, 3.63) is 41.2 Å². The van der Waals surface area contributed by atoms with Gasteiger partial charge in [0.1, 0.15) is 6.61 Å². The zero-order chi connectivity index (χ0) is 15.4. The van der Waals surface area contributed by atoms with Gasteiger partial charge in [-0.05, 0) is 44.0 Å². The van der Waals surface area contributed by atoms with Crippen LogP contribution in [0.1, 0.15) is 23.9 Å². The summed E-state index contributed by atoms with van der Waals surface area (Å²) in [5.74, 6) is 1.46. The molecular weight excluding hydrogens is 266 g/mol. The minimum Gasteiger partial charge on any atom is -0.493 e. The molecule has 0 aliphatic carbocycles. The summed E-state index contributed by atoms with van der Waals surface area (Å²) in [6, 6.07) is 8.06. The van der Waals surface area contributed by atoms with Gasteiger partial charge in [-0.1, -0.05) is 6.07 Å². The van der Waals surface area contributed by atoms with Gasteiger partial charge in [-0.15, -0.1) is 0 Å². The van der Waals surface area contributed by atoms with E-state index < -0.39 is 0 Å². The van der Waals surface area contributed by atoms with E-state index in [4.69, 9.17) is 15.2 Å². The topological polar surface area (TPSA) is 62.3 Å². The monoisotopic (exact) mass is 289 g/mol. The third-order valence-corrected chi connectivity index (χ3v) is 3.26. The molecule has 0 radical (unpaired) electrons. The normalized spacial score (nSPS) is 12.2. The van der Waals surface area contributed by atoms with Gasteiger partial charge in [-0.2, -0.15) is 5.10 Å². The van der Waals surface area contributed by atoms with E-state index in [0.29, 0.717) is 6.61 Å². The van der Waals surface area contributed by atoms with E-state index >= 15 is 0 Å². The smallest absolute Gasteiger partial charge is 0.162 e. The Labute approximate surface area is 125 Å². The molecule has 1 aromatic carbocycles. The largest absolute Gasteiger partial charge is 0.493 e. The Kier molecular flexibility index (Phi) is 4.85. The number of aryl methyl sites for hydroxylation is 2. The van der Waals surface area contributed by atoms with Gasteiger partial charge in [0, 0.05) is 13.1 Å². The third-order valence-electron chi connectivity index (χ3n) is 3.26. The molecule has 1 heterocycles. The third kappa shape index (κ3) is 3.98. The van der Waals surface area contributed by atoms with Gasteiger partial charge in [0.05, 0.1) is 18.5 Å². The van der Waals surface area contributed by atoms with Crippen molar-refractivity contribution in [1.82, 2.24) is 9.78 Å². The number of nitrogens with zero attached hydrogens (tertiary/aromatic N) is 2. The lowest BCUT2D eigenvalue weighted by atomic mass is 10.1. The summed E-state index contributed by atoms with van der Waals surface area (Å²) in [6.45, 7) is 4.41. The molecule has 5 nitrogen and oxygen atoms in total. The molecule has 0 spiro atoms. The summed E-state index contributed by atoms with van der Waals surface area (Å²) in [4.78, 5) is 0. The molecular formula is C16H23N3O2. The van der Waals surface area contributed by atoms with Crippen LogP contribution in [0.15, 0.2) is 24.3 Å². The molecule has 2 aromatic rings. The summed E-state index contributed by atoms with van der Waals surface area (Å²) in [5.41, 5.74) is 8.99. The number of rotatable bonds is 6. The van der Waals surface area contributed by atoms with E-state index in [1.807, 2.05) is 49.8 Å². The molecule has 1 aromatic heterocycles. The summed E-state index contributed by atoms with van der Waals surface area (Å²) < 4.78 is 13.1. The van der Waals surface area contributed by atoms with Gasteiger partial charge in [0.15, 0.2) is 11.5 Å². The molecule has 0 saturated heterocycles. The van der Waals surface area contributed by atoms with Gasteiger partial charge in [0.25, 0.3) is 0 Å². The number of nitrogens with two attached hydrogens (primary N) is 1. The van der Waals surface area contributed by atoms with Crippen LogP contribution < -0.4 is 15.2 Å². The van der Waals surface area contributed by atoms with Crippen LogP contribution in [-0.4, -0.2) is 22.9 Å². The number of benzene rings is 1. The zero-order valence-electron chi connectivity index (χ0n) is 13.1. The fraction of sp³-hybridized carbons (Fsp3) is 0.438. The number of methoxy groups -OCH3 is 1. The van der Waals surface area contributed by atoms with Gasteiger partial charge in [-0.3, -0.25) is 4.68 Å². The van der Waals surface area contributed by atoms with E-state index in [9.17, 15) is 0 Å².